The Morgan fingerprint density at radius 2 is 1.96 bits per heavy atom. The van der Waals surface area contributed by atoms with Crippen LogP contribution in [0.5, 0.6) is 0 Å². The minimum atomic E-state index is -0.528. The fourth-order valence-electron chi connectivity index (χ4n) is 2.63. The number of ether oxygens (including phenoxy) is 1. The van der Waals surface area contributed by atoms with Crippen molar-refractivity contribution in [2.24, 2.45) is 0 Å². The fourth-order valence-corrected chi connectivity index (χ4v) is 2.63. The van der Waals surface area contributed by atoms with Gasteiger partial charge in [0, 0.05) is 13.1 Å². The van der Waals surface area contributed by atoms with Gasteiger partial charge in [-0.2, -0.15) is 0 Å². The van der Waals surface area contributed by atoms with Crippen LogP contribution in [0.15, 0.2) is 48.7 Å². The number of piperidine rings is 1. The normalized spacial score (nSPS) is 15.1. The number of amides is 1. The topological polar surface area (TPSA) is 74.7 Å². The Morgan fingerprint density at radius 1 is 1.21 bits per heavy atom. The second-order valence-corrected chi connectivity index (χ2v) is 5.81. The van der Waals surface area contributed by atoms with Crippen molar-refractivity contribution >= 4 is 17.6 Å². The Kier molecular flexibility index (Phi) is 5.28. The number of hydrogen-bond acceptors (Lipinski definition) is 5. The molecule has 3 rings (SSSR count). The molecule has 2 aromatic rings. The van der Waals surface area contributed by atoms with Crippen molar-refractivity contribution in [1.82, 2.24) is 4.98 Å². The van der Waals surface area contributed by atoms with Gasteiger partial charge in [-0.3, -0.25) is 5.32 Å². The first-order chi connectivity index (χ1) is 11.7. The third kappa shape index (κ3) is 4.45. The van der Waals surface area contributed by atoms with Gasteiger partial charge in [0.2, 0.25) is 0 Å². The quantitative estimate of drug-likeness (QED) is 0.903. The molecule has 1 fully saturated rings. The van der Waals surface area contributed by atoms with E-state index in [1.807, 2.05) is 36.4 Å². The molecule has 1 aliphatic heterocycles. The molecule has 0 spiro atoms. The van der Waals surface area contributed by atoms with Crippen LogP contribution < -0.4 is 10.2 Å². The standard InChI is InChI=1S/C18H21N3O3/c22-16-8-10-21(11-9-16)15-6-7-17(19-12-15)20-18(23)24-13-14-4-2-1-3-5-14/h1-7,12,16,22H,8-11,13H2,(H,19,20,23). The van der Waals surface area contributed by atoms with Crippen LogP contribution in [0.3, 0.4) is 0 Å². The summed E-state index contributed by atoms with van der Waals surface area (Å²) in [5.74, 6) is 0.453. The second kappa shape index (κ2) is 7.79. The van der Waals surface area contributed by atoms with Crippen molar-refractivity contribution < 1.29 is 14.6 Å². The summed E-state index contributed by atoms with van der Waals surface area (Å²) in [7, 11) is 0. The number of nitrogens with zero attached hydrogens (tertiary/aromatic N) is 2. The zero-order valence-electron chi connectivity index (χ0n) is 13.4. The molecular weight excluding hydrogens is 306 g/mol. The Labute approximate surface area is 141 Å². The maximum absolute atomic E-state index is 11.8. The number of pyridine rings is 1. The van der Waals surface area contributed by atoms with E-state index in [1.165, 1.54) is 0 Å². The summed E-state index contributed by atoms with van der Waals surface area (Å²) in [6.45, 7) is 1.85. The number of aromatic nitrogens is 1. The molecule has 0 atom stereocenters. The van der Waals surface area contributed by atoms with E-state index in [-0.39, 0.29) is 12.7 Å². The Bertz CT molecular complexity index is 653. The summed E-state index contributed by atoms with van der Waals surface area (Å²) in [5.41, 5.74) is 1.92. The molecule has 0 unspecified atom stereocenters. The zero-order chi connectivity index (χ0) is 16.8. The van der Waals surface area contributed by atoms with Crippen molar-refractivity contribution in [3.05, 3.63) is 54.2 Å². The molecule has 2 N–H and O–H groups in total. The van der Waals surface area contributed by atoms with Gasteiger partial charge in [-0.1, -0.05) is 30.3 Å². The summed E-state index contributed by atoms with van der Waals surface area (Å²) in [5, 5.41) is 12.2. The van der Waals surface area contributed by atoms with Gasteiger partial charge in [0.25, 0.3) is 0 Å². The predicted octanol–water partition coefficient (Wildman–Crippen LogP) is 2.79. The second-order valence-electron chi connectivity index (χ2n) is 5.81. The van der Waals surface area contributed by atoms with E-state index in [4.69, 9.17) is 4.74 Å². The highest BCUT2D eigenvalue weighted by Crippen LogP contribution is 2.20. The number of hydrogen-bond donors (Lipinski definition) is 2. The van der Waals surface area contributed by atoms with E-state index in [0.29, 0.717) is 5.82 Å². The average Bonchev–Trinajstić information content (AvgIpc) is 2.62. The lowest BCUT2D eigenvalue weighted by Gasteiger charge is -2.31. The van der Waals surface area contributed by atoms with E-state index >= 15 is 0 Å². The average molecular weight is 327 g/mol. The number of aliphatic hydroxyl groups excluding tert-OH is 1. The zero-order valence-corrected chi connectivity index (χ0v) is 13.4. The summed E-state index contributed by atoms with van der Waals surface area (Å²) >= 11 is 0. The first-order valence-electron chi connectivity index (χ1n) is 8.07. The van der Waals surface area contributed by atoms with E-state index in [1.54, 1.807) is 12.3 Å². The molecule has 0 bridgehead atoms. The fraction of sp³-hybridized carbons (Fsp3) is 0.333. The van der Waals surface area contributed by atoms with Crippen LogP contribution in [0.2, 0.25) is 0 Å². The maximum Gasteiger partial charge on any atom is 0.413 e. The Hall–Kier alpha value is -2.60. The molecule has 0 radical (unpaired) electrons. The molecular formula is C18H21N3O3. The highest BCUT2D eigenvalue weighted by atomic mass is 16.5. The number of carbonyl (C=O) groups excluding carboxylic acids is 1. The van der Waals surface area contributed by atoms with E-state index in [0.717, 1.165) is 37.2 Å². The van der Waals surface area contributed by atoms with Gasteiger partial charge < -0.3 is 14.7 Å². The molecule has 1 saturated heterocycles. The van der Waals surface area contributed by atoms with Gasteiger partial charge in [0.05, 0.1) is 18.0 Å². The molecule has 24 heavy (non-hydrogen) atoms. The number of benzene rings is 1. The van der Waals surface area contributed by atoms with Crippen LogP contribution in [-0.2, 0) is 11.3 Å². The number of rotatable bonds is 4. The number of nitrogens with one attached hydrogen (secondary N) is 1. The third-order valence-corrected chi connectivity index (χ3v) is 4.02. The van der Waals surface area contributed by atoms with Crippen LogP contribution in [-0.4, -0.2) is 35.4 Å². The molecule has 0 saturated carbocycles. The minimum absolute atomic E-state index is 0.200. The van der Waals surface area contributed by atoms with Crippen molar-refractivity contribution in [2.45, 2.75) is 25.6 Å². The van der Waals surface area contributed by atoms with E-state index < -0.39 is 6.09 Å². The molecule has 0 aliphatic carbocycles. The van der Waals surface area contributed by atoms with Gasteiger partial charge in [-0.05, 0) is 30.5 Å². The summed E-state index contributed by atoms with van der Waals surface area (Å²) in [6.07, 6.45) is 2.54. The molecule has 2 heterocycles. The van der Waals surface area contributed by atoms with Crippen molar-refractivity contribution in [1.29, 1.82) is 0 Å². The first-order valence-corrected chi connectivity index (χ1v) is 8.07. The van der Waals surface area contributed by atoms with Gasteiger partial charge in [-0.15, -0.1) is 0 Å². The number of aliphatic hydroxyl groups is 1. The minimum Gasteiger partial charge on any atom is -0.444 e. The van der Waals surface area contributed by atoms with Gasteiger partial charge in [-0.25, -0.2) is 9.78 Å². The highest BCUT2D eigenvalue weighted by Gasteiger charge is 2.17. The van der Waals surface area contributed by atoms with Gasteiger partial charge >= 0.3 is 6.09 Å². The third-order valence-electron chi connectivity index (χ3n) is 4.02. The summed E-state index contributed by atoms with van der Waals surface area (Å²) in [4.78, 5) is 18.2. The lowest BCUT2D eigenvalue weighted by atomic mass is 10.1. The first kappa shape index (κ1) is 16.3. The largest absolute Gasteiger partial charge is 0.444 e. The van der Waals surface area contributed by atoms with E-state index in [2.05, 4.69) is 15.2 Å². The monoisotopic (exact) mass is 327 g/mol. The van der Waals surface area contributed by atoms with Crippen LogP contribution in [0.1, 0.15) is 18.4 Å². The molecule has 1 aliphatic rings. The van der Waals surface area contributed by atoms with Crippen LogP contribution in [0.4, 0.5) is 16.3 Å². The Balaban J connectivity index is 1.49. The van der Waals surface area contributed by atoms with Gasteiger partial charge in [0.15, 0.2) is 0 Å². The highest BCUT2D eigenvalue weighted by molar-refractivity contribution is 5.83. The van der Waals surface area contributed by atoms with Crippen LogP contribution in [0.25, 0.3) is 0 Å². The van der Waals surface area contributed by atoms with Gasteiger partial charge in [0.1, 0.15) is 12.4 Å². The van der Waals surface area contributed by atoms with E-state index in [9.17, 15) is 9.90 Å². The van der Waals surface area contributed by atoms with Crippen molar-refractivity contribution in [3.8, 4) is 0 Å². The predicted molar refractivity (Wildman–Crippen MR) is 91.9 cm³/mol. The molecule has 1 amide bonds. The molecule has 1 aromatic carbocycles. The van der Waals surface area contributed by atoms with Crippen LogP contribution >= 0.6 is 0 Å². The Morgan fingerprint density at radius 3 is 2.62 bits per heavy atom. The van der Waals surface area contributed by atoms with Crippen LogP contribution in [0, 0.1) is 0 Å². The lowest BCUT2D eigenvalue weighted by molar-refractivity contribution is 0.145. The summed E-state index contributed by atoms with van der Waals surface area (Å²) in [6, 6.07) is 13.2. The lowest BCUT2D eigenvalue weighted by Crippen LogP contribution is -2.35. The van der Waals surface area contributed by atoms with Crippen molar-refractivity contribution in [2.75, 3.05) is 23.3 Å². The summed E-state index contributed by atoms with van der Waals surface area (Å²) < 4.78 is 5.16. The maximum atomic E-state index is 11.8. The number of carbonyl (C=O) groups is 1. The molecule has 6 heteroatoms. The molecule has 126 valence electrons. The molecule has 6 nitrogen and oxygen atoms in total. The van der Waals surface area contributed by atoms with Crippen molar-refractivity contribution in [3.63, 3.8) is 0 Å². The number of anilines is 2. The molecule has 1 aromatic heterocycles. The SMILES string of the molecule is O=C(Nc1ccc(N2CCC(O)CC2)cn1)OCc1ccccc1. The smallest absolute Gasteiger partial charge is 0.413 e.